The molecule has 3 heteroatoms. The maximum atomic E-state index is 9.53. The van der Waals surface area contributed by atoms with Crippen molar-refractivity contribution in [1.29, 1.82) is 0 Å². The van der Waals surface area contributed by atoms with Crippen LogP contribution in [0.4, 0.5) is 0 Å². The molecule has 0 aromatic heterocycles. The zero-order chi connectivity index (χ0) is 10.5. The van der Waals surface area contributed by atoms with Crippen molar-refractivity contribution in [2.75, 3.05) is 6.61 Å². The number of hydrogen-bond acceptors (Lipinski definition) is 2. The minimum atomic E-state index is -0.316. The van der Waals surface area contributed by atoms with Crippen LogP contribution in [0.1, 0.15) is 18.4 Å². The number of rotatable bonds is 2. The van der Waals surface area contributed by atoms with Crippen molar-refractivity contribution in [2.45, 2.75) is 24.9 Å². The lowest BCUT2D eigenvalue weighted by atomic mass is 9.93. The minimum Gasteiger partial charge on any atom is -0.484 e. The van der Waals surface area contributed by atoms with E-state index >= 15 is 0 Å². The van der Waals surface area contributed by atoms with E-state index in [-0.39, 0.29) is 12.2 Å². The third-order valence-corrected chi connectivity index (χ3v) is 3.91. The van der Waals surface area contributed by atoms with Gasteiger partial charge in [-0.1, -0.05) is 15.9 Å². The molecule has 2 nitrogen and oxygen atoms in total. The molecule has 1 aliphatic carbocycles. The number of benzene rings is 1. The van der Waals surface area contributed by atoms with E-state index in [1.165, 1.54) is 18.4 Å². The van der Waals surface area contributed by atoms with Crippen LogP contribution in [-0.2, 0) is 6.42 Å². The van der Waals surface area contributed by atoms with E-state index < -0.39 is 0 Å². The van der Waals surface area contributed by atoms with E-state index in [0.29, 0.717) is 5.92 Å². The Kier molecular flexibility index (Phi) is 2.08. The summed E-state index contributed by atoms with van der Waals surface area (Å²) in [4.78, 5) is 0. The lowest BCUT2D eigenvalue weighted by Gasteiger charge is -2.26. The molecule has 1 atom stereocenters. The second-order valence-corrected chi connectivity index (χ2v) is 5.44. The fourth-order valence-corrected chi connectivity index (χ4v) is 2.83. The third-order valence-electron chi connectivity index (χ3n) is 3.41. The molecule has 1 unspecified atom stereocenters. The molecule has 3 rings (SSSR count). The van der Waals surface area contributed by atoms with Gasteiger partial charge in [0.1, 0.15) is 11.4 Å². The smallest absolute Gasteiger partial charge is 0.139 e. The van der Waals surface area contributed by atoms with E-state index in [4.69, 9.17) is 4.74 Å². The first kappa shape index (κ1) is 9.67. The number of aliphatic hydroxyl groups is 1. The molecule has 1 N–H and O–H groups in total. The van der Waals surface area contributed by atoms with Crippen molar-refractivity contribution in [3.05, 3.63) is 28.2 Å². The van der Waals surface area contributed by atoms with Gasteiger partial charge in [0, 0.05) is 16.8 Å². The fraction of sp³-hybridized carbons (Fsp3) is 0.500. The van der Waals surface area contributed by atoms with Gasteiger partial charge in [0.2, 0.25) is 0 Å². The van der Waals surface area contributed by atoms with Crippen LogP contribution >= 0.6 is 15.9 Å². The summed E-state index contributed by atoms with van der Waals surface area (Å²) in [5.41, 5.74) is 0.897. The Labute approximate surface area is 97.4 Å². The van der Waals surface area contributed by atoms with Crippen molar-refractivity contribution in [1.82, 2.24) is 0 Å². The van der Waals surface area contributed by atoms with Gasteiger partial charge in [0.25, 0.3) is 0 Å². The summed E-state index contributed by atoms with van der Waals surface area (Å²) in [6.45, 7) is 0.129. The molecule has 1 fully saturated rings. The summed E-state index contributed by atoms with van der Waals surface area (Å²) in [5.74, 6) is 1.49. The van der Waals surface area contributed by atoms with E-state index in [1.54, 1.807) is 0 Å². The SMILES string of the molecule is OCC1(C2CC2)Cc2cc(Br)ccc2O1. The topological polar surface area (TPSA) is 29.5 Å². The van der Waals surface area contributed by atoms with E-state index in [1.807, 2.05) is 12.1 Å². The largest absolute Gasteiger partial charge is 0.484 e. The first-order valence-corrected chi connectivity index (χ1v) is 6.11. The lowest BCUT2D eigenvalue weighted by molar-refractivity contribution is 0.00902. The van der Waals surface area contributed by atoms with Gasteiger partial charge in [-0.25, -0.2) is 0 Å². The predicted molar refractivity (Wildman–Crippen MR) is 61.0 cm³/mol. The van der Waals surface area contributed by atoms with Crippen molar-refractivity contribution < 1.29 is 9.84 Å². The third kappa shape index (κ3) is 1.49. The molecule has 2 aliphatic rings. The van der Waals surface area contributed by atoms with Crippen LogP contribution in [0, 0.1) is 5.92 Å². The molecule has 15 heavy (non-hydrogen) atoms. The van der Waals surface area contributed by atoms with Gasteiger partial charge in [0.05, 0.1) is 6.61 Å². The van der Waals surface area contributed by atoms with Gasteiger partial charge in [-0.15, -0.1) is 0 Å². The van der Waals surface area contributed by atoms with E-state index in [9.17, 15) is 5.11 Å². The normalized spacial score (nSPS) is 28.7. The van der Waals surface area contributed by atoms with Crippen molar-refractivity contribution in [2.24, 2.45) is 5.92 Å². The Hall–Kier alpha value is -0.540. The van der Waals surface area contributed by atoms with Gasteiger partial charge in [-0.05, 0) is 36.6 Å². The van der Waals surface area contributed by atoms with Crippen LogP contribution in [0.2, 0.25) is 0 Å². The lowest BCUT2D eigenvalue weighted by Crippen LogP contribution is -2.41. The van der Waals surface area contributed by atoms with Gasteiger partial charge in [-0.2, -0.15) is 0 Å². The highest BCUT2D eigenvalue weighted by Crippen LogP contribution is 2.49. The standard InChI is InChI=1S/C12H13BrO2/c13-10-3-4-11-8(5-10)6-12(7-14,15-11)9-1-2-9/h3-5,9,14H,1-2,6-7H2. The zero-order valence-electron chi connectivity index (χ0n) is 8.37. The van der Waals surface area contributed by atoms with Crippen LogP contribution in [0.25, 0.3) is 0 Å². The van der Waals surface area contributed by atoms with Crippen LogP contribution in [-0.4, -0.2) is 17.3 Å². The number of ether oxygens (including phenoxy) is 1. The summed E-state index contributed by atoms with van der Waals surface area (Å²) >= 11 is 3.46. The summed E-state index contributed by atoms with van der Waals surface area (Å²) < 4.78 is 7.03. The summed E-state index contributed by atoms with van der Waals surface area (Å²) in [5, 5.41) is 9.53. The van der Waals surface area contributed by atoms with Crippen LogP contribution in [0.3, 0.4) is 0 Å². The molecule has 1 aliphatic heterocycles. The van der Waals surface area contributed by atoms with Crippen molar-refractivity contribution >= 4 is 15.9 Å². The molecular formula is C12H13BrO2. The Bertz CT molecular complexity index is 401. The molecular weight excluding hydrogens is 256 g/mol. The predicted octanol–water partition coefficient (Wildman–Crippen LogP) is 2.53. The van der Waals surface area contributed by atoms with E-state index in [0.717, 1.165) is 16.6 Å². The molecule has 0 bridgehead atoms. The molecule has 0 radical (unpaired) electrons. The number of fused-ring (bicyclic) bond motifs is 1. The van der Waals surface area contributed by atoms with Gasteiger partial charge >= 0.3 is 0 Å². The molecule has 1 aromatic rings. The average molecular weight is 269 g/mol. The summed E-state index contributed by atoms with van der Waals surface area (Å²) in [6, 6.07) is 6.06. The zero-order valence-corrected chi connectivity index (χ0v) is 9.96. The summed E-state index contributed by atoms with van der Waals surface area (Å²) in [7, 11) is 0. The highest BCUT2D eigenvalue weighted by Gasteiger charge is 2.50. The first-order valence-electron chi connectivity index (χ1n) is 5.32. The minimum absolute atomic E-state index is 0.129. The Morgan fingerprint density at radius 2 is 2.27 bits per heavy atom. The van der Waals surface area contributed by atoms with Crippen LogP contribution in [0.15, 0.2) is 22.7 Å². The van der Waals surface area contributed by atoms with Crippen molar-refractivity contribution in [3.8, 4) is 5.75 Å². The van der Waals surface area contributed by atoms with Crippen LogP contribution in [0.5, 0.6) is 5.75 Å². The molecule has 80 valence electrons. The van der Waals surface area contributed by atoms with E-state index in [2.05, 4.69) is 22.0 Å². The number of hydrogen-bond donors (Lipinski definition) is 1. The molecule has 1 heterocycles. The number of aliphatic hydroxyl groups excluding tert-OH is 1. The number of halogens is 1. The fourth-order valence-electron chi connectivity index (χ4n) is 2.42. The van der Waals surface area contributed by atoms with Crippen molar-refractivity contribution in [3.63, 3.8) is 0 Å². The quantitative estimate of drug-likeness (QED) is 0.894. The Morgan fingerprint density at radius 3 is 2.93 bits per heavy atom. The first-order chi connectivity index (χ1) is 7.23. The molecule has 1 saturated carbocycles. The summed E-state index contributed by atoms with van der Waals surface area (Å²) in [6.07, 6.45) is 3.23. The Morgan fingerprint density at radius 1 is 1.47 bits per heavy atom. The Balaban J connectivity index is 1.96. The van der Waals surface area contributed by atoms with Gasteiger partial charge < -0.3 is 9.84 Å². The molecule has 0 amide bonds. The molecule has 1 aromatic carbocycles. The highest BCUT2D eigenvalue weighted by molar-refractivity contribution is 9.10. The van der Waals surface area contributed by atoms with Gasteiger partial charge in [-0.3, -0.25) is 0 Å². The molecule has 0 spiro atoms. The van der Waals surface area contributed by atoms with Gasteiger partial charge in [0.15, 0.2) is 0 Å². The highest BCUT2D eigenvalue weighted by atomic mass is 79.9. The average Bonchev–Trinajstić information content (AvgIpc) is 3.01. The maximum Gasteiger partial charge on any atom is 0.139 e. The second kappa shape index (κ2) is 3.22. The van der Waals surface area contributed by atoms with Crippen LogP contribution < -0.4 is 4.74 Å². The monoisotopic (exact) mass is 268 g/mol. The second-order valence-electron chi connectivity index (χ2n) is 4.53. The molecule has 0 saturated heterocycles. The maximum absolute atomic E-state index is 9.53.